The number of benzene rings is 1. The molecule has 2 heterocycles. The molecule has 114 valence electrons. The molecule has 0 aliphatic carbocycles. The second-order valence-corrected chi connectivity index (χ2v) is 6.31. The average molecular weight is 314 g/mol. The van der Waals surface area contributed by atoms with Crippen LogP contribution < -0.4 is 9.64 Å². The molecule has 1 aromatic carbocycles. The molecule has 1 aliphatic heterocycles. The molecule has 1 amide bonds. The van der Waals surface area contributed by atoms with E-state index in [1.54, 1.807) is 30.3 Å². The van der Waals surface area contributed by atoms with Gasteiger partial charge in [-0.2, -0.15) is 11.8 Å². The Labute approximate surface area is 134 Å². The van der Waals surface area contributed by atoms with Crippen LogP contribution in [-0.4, -0.2) is 35.5 Å². The molecule has 0 radical (unpaired) electrons. The van der Waals surface area contributed by atoms with E-state index in [0.717, 1.165) is 23.6 Å². The predicted octanol–water partition coefficient (Wildman–Crippen LogP) is 3.24. The largest absolute Gasteiger partial charge is 0.473 e. The molecule has 0 spiro atoms. The topological polar surface area (TPSA) is 42.4 Å². The zero-order valence-corrected chi connectivity index (χ0v) is 13.3. The fraction of sp³-hybridized carbons (Fsp3) is 0.294. The SMILES string of the molecule is CN(C(=O)c1cccnc1O[C@@H]1CCSC1)c1ccccc1. The summed E-state index contributed by atoms with van der Waals surface area (Å²) >= 11 is 1.87. The highest BCUT2D eigenvalue weighted by Gasteiger charge is 2.23. The number of amides is 1. The van der Waals surface area contributed by atoms with E-state index >= 15 is 0 Å². The second-order valence-electron chi connectivity index (χ2n) is 5.16. The third kappa shape index (κ3) is 3.25. The van der Waals surface area contributed by atoms with Gasteiger partial charge in [0, 0.05) is 24.7 Å². The summed E-state index contributed by atoms with van der Waals surface area (Å²) in [7, 11) is 1.76. The summed E-state index contributed by atoms with van der Waals surface area (Å²) in [6.07, 6.45) is 2.81. The summed E-state index contributed by atoms with van der Waals surface area (Å²) in [5, 5.41) is 0. The minimum absolute atomic E-state index is 0.111. The van der Waals surface area contributed by atoms with E-state index in [2.05, 4.69) is 4.98 Å². The highest BCUT2D eigenvalue weighted by molar-refractivity contribution is 7.99. The number of hydrogen-bond acceptors (Lipinski definition) is 4. The first-order valence-electron chi connectivity index (χ1n) is 7.28. The van der Waals surface area contributed by atoms with Crippen molar-refractivity contribution in [2.45, 2.75) is 12.5 Å². The van der Waals surface area contributed by atoms with Crippen LogP contribution in [0.5, 0.6) is 5.88 Å². The van der Waals surface area contributed by atoms with Crippen molar-refractivity contribution in [3.63, 3.8) is 0 Å². The molecule has 1 atom stereocenters. The summed E-state index contributed by atoms with van der Waals surface area (Å²) in [5.41, 5.74) is 1.35. The van der Waals surface area contributed by atoms with Crippen LogP contribution in [0.15, 0.2) is 48.7 Å². The normalized spacial score (nSPS) is 17.2. The Hall–Kier alpha value is -2.01. The van der Waals surface area contributed by atoms with Crippen molar-refractivity contribution in [2.75, 3.05) is 23.5 Å². The molecule has 1 aromatic heterocycles. The molecule has 22 heavy (non-hydrogen) atoms. The number of anilines is 1. The Balaban J connectivity index is 1.82. The van der Waals surface area contributed by atoms with Crippen molar-refractivity contribution in [2.24, 2.45) is 0 Å². The highest BCUT2D eigenvalue weighted by atomic mass is 32.2. The van der Waals surface area contributed by atoms with Gasteiger partial charge >= 0.3 is 0 Å². The van der Waals surface area contributed by atoms with Crippen LogP contribution in [0.1, 0.15) is 16.8 Å². The number of ether oxygens (including phenoxy) is 1. The van der Waals surface area contributed by atoms with Crippen LogP contribution in [0, 0.1) is 0 Å². The quantitative estimate of drug-likeness (QED) is 0.869. The summed E-state index contributed by atoms with van der Waals surface area (Å²) in [6, 6.07) is 13.1. The smallest absolute Gasteiger partial charge is 0.263 e. The number of carbonyl (C=O) groups excluding carboxylic acids is 1. The maximum atomic E-state index is 12.7. The number of para-hydroxylation sites is 1. The lowest BCUT2D eigenvalue weighted by molar-refractivity contribution is 0.0985. The summed E-state index contributed by atoms with van der Waals surface area (Å²) in [6.45, 7) is 0. The molecule has 1 fully saturated rings. The van der Waals surface area contributed by atoms with Crippen molar-refractivity contribution in [1.29, 1.82) is 0 Å². The van der Waals surface area contributed by atoms with Gasteiger partial charge in [0.1, 0.15) is 11.7 Å². The van der Waals surface area contributed by atoms with Gasteiger partial charge in [0.2, 0.25) is 5.88 Å². The average Bonchev–Trinajstić information content (AvgIpc) is 3.08. The van der Waals surface area contributed by atoms with E-state index in [4.69, 9.17) is 4.74 Å². The number of thioether (sulfide) groups is 1. The first-order chi connectivity index (χ1) is 10.8. The number of pyridine rings is 1. The Morgan fingerprint density at radius 1 is 1.27 bits per heavy atom. The zero-order chi connectivity index (χ0) is 15.4. The molecule has 1 aliphatic rings. The monoisotopic (exact) mass is 314 g/mol. The van der Waals surface area contributed by atoms with Crippen molar-refractivity contribution in [1.82, 2.24) is 4.98 Å². The molecule has 1 saturated heterocycles. The number of hydrogen-bond donors (Lipinski definition) is 0. The van der Waals surface area contributed by atoms with E-state index < -0.39 is 0 Å². The van der Waals surface area contributed by atoms with Crippen molar-refractivity contribution in [3.05, 3.63) is 54.2 Å². The number of nitrogens with zero attached hydrogens (tertiary/aromatic N) is 2. The highest BCUT2D eigenvalue weighted by Crippen LogP contribution is 2.25. The Bertz CT molecular complexity index is 642. The first-order valence-corrected chi connectivity index (χ1v) is 8.43. The van der Waals surface area contributed by atoms with E-state index in [9.17, 15) is 4.79 Å². The van der Waals surface area contributed by atoms with E-state index in [1.807, 2.05) is 42.1 Å². The fourth-order valence-corrected chi connectivity index (χ4v) is 3.45. The first kappa shape index (κ1) is 14.9. The Kier molecular flexibility index (Phi) is 4.63. The Morgan fingerprint density at radius 2 is 2.09 bits per heavy atom. The molecule has 3 rings (SSSR count). The van der Waals surface area contributed by atoms with Gasteiger partial charge in [-0.3, -0.25) is 4.79 Å². The lowest BCUT2D eigenvalue weighted by Gasteiger charge is -2.20. The third-order valence-corrected chi connectivity index (χ3v) is 4.75. The summed E-state index contributed by atoms with van der Waals surface area (Å²) in [5.74, 6) is 2.38. The van der Waals surface area contributed by atoms with Gasteiger partial charge in [-0.25, -0.2) is 4.98 Å². The molecule has 4 nitrogen and oxygen atoms in total. The van der Waals surface area contributed by atoms with Gasteiger partial charge in [0.05, 0.1) is 0 Å². The van der Waals surface area contributed by atoms with Crippen molar-refractivity contribution >= 4 is 23.4 Å². The molecule has 2 aromatic rings. The predicted molar refractivity (Wildman–Crippen MR) is 89.8 cm³/mol. The van der Waals surface area contributed by atoms with Crippen molar-refractivity contribution < 1.29 is 9.53 Å². The maximum Gasteiger partial charge on any atom is 0.263 e. The van der Waals surface area contributed by atoms with Gasteiger partial charge in [-0.1, -0.05) is 18.2 Å². The number of carbonyl (C=O) groups is 1. The van der Waals surface area contributed by atoms with Crippen molar-refractivity contribution in [3.8, 4) is 5.88 Å². The minimum atomic E-state index is -0.111. The molecule has 0 unspecified atom stereocenters. The molecule has 0 N–H and O–H groups in total. The van der Waals surface area contributed by atoms with Crippen LogP contribution in [0.4, 0.5) is 5.69 Å². The van der Waals surface area contributed by atoms with Crippen LogP contribution in [0.2, 0.25) is 0 Å². The number of aromatic nitrogens is 1. The lowest BCUT2D eigenvalue weighted by Crippen LogP contribution is -2.28. The lowest BCUT2D eigenvalue weighted by atomic mass is 10.2. The van der Waals surface area contributed by atoms with Crippen LogP contribution in [0.3, 0.4) is 0 Å². The van der Waals surface area contributed by atoms with E-state index in [0.29, 0.717) is 11.4 Å². The molecule has 0 saturated carbocycles. The van der Waals surface area contributed by atoms with E-state index in [-0.39, 0.29) is 12.0 Å². The van der Waals surface area contributed by atoms with Gasteiger partial charge in [0.25, 0.3) is 5.91 Å². The van der Waals surface area contributed by atoms with Gasteiger partial charge in [-0.15, -0.1) is 0 Å². The van der Waals surface area contributed by atoms with Gasteiger partial charge in [0.15, 0.2) is 0 Å². The van der Waals surface area contributed by atoms with Crippen LogP contribution in [0.25, 0.3) is 0 Å². The zero-order valence-electron chi connectivity index (χ0n) is 12.4. The second kappa shape index (κ2) is 6.83. The van der Waals surface area contributed by atoms with E-state index in [1.165, 1.54) is 0 Å². The van der Waals surface area contributed by atoms with Gasteiger partial charge in [-0.05, 0) is 36.4 Å². The molecular formula is C17H18N2O2S. The fourth-order valence-electron chi connectivity index (χ4n) is 2.36. The number of rotatable bonds is 4. The van der Waals surface area contributed by atoms with Gasteiger partial charge < -0.3 is 9.64 Å². The van der Waals surface area contributed by atoms with Crippen LogP contribution >= 0.6 is 11.8 Å². The van der Waals surface area contributed by atoms with Crippen LogP contribution in [-0.2, 0) is 0 Å². The third-order valence-electron chi connectivity index (χ3n) is 3.62. The summed E-state index contributed by atoms with van der Waals surface area (Å²) in [4.78, 5) is 18.6. The Morgan fingerprint density at radius 3 is 2.82 bits per heavy atom. The molecule has 0 bridgehead atoms. The minimum Gasteiger partial charge on any atom is -0.473 e. The standard InChI is InChI=1S/C17H18N2O2S/c1-19(13-6-3-2-4-7-13)17(20)15-8-5-10-18-16(15)21-14-9-11-22-12-14/h2-8,10,14H,9,11-12H2,1H3/t14-/m1/s1. The summed E-state index contributed by atoms with van der Waals surface area (Å²) < 4.78 is 5.93. The molecular weight excluding hydrogens is 296 g/mol. The molecule has 5 heteroatoms. The maximum absolute atomic E-state index is 12.7.